The third kappa shape index (κ3) is 4.46. The Balaban J connectivity index is 1.76. The first-order valence-electron chi connectivity index (χ1n) is 7.27. The minimum absolute atomic E-state index is 0.00489. The van der Waals surface area contributed by atoms with Crippen molar-refractivity contribution in [3.63, 3.8) is 0 Å². The molecular formula is C16H20ClNO3. The molecule has 0 bridgehead atoms. The molecule has 1 aliphatic carbocycles. The molecule has 114 valence electrons. The molecule has 2 rings (SSSR count). The quantitative estimate of drug-likeness (QED) is 0.725. The summed E-state index contributed by atoms with van der Waals surface area (Å²) in [4.78, 5) is 22.2. The van der Waals surface area contributed by atoms with Gasteiger partial charge < -0.3 is 10.4 Å². The number of hydrogen-bond acceptors (Lipinski definition) is 2. The summed E-state index contributed by atoms with van der Waals surface area (Å²) in [5, 5.41) is 12.2. The van der Waals surface area contributed by atoms with Crippen LogP contribution in [0.15, 0.2) is 24.3 Å². The zero-order chi connectivity index (χ0) is 15.3. The lowest BCUT2D eigenvalue weighted by molar-refractivity contribution is -0.137. The molecule has 1 saturated carbocycles. The molecule has 1 aromatic rings. The molecule has 0 unspecified atom stereocenters. The molecule has 1 amide bonds. The number of carboxylic acids is 1. The van der Waals surface area contributed by atoms with Gasteiger partial charge in [0, 0.05) is 29.8 Å². The van der Waals surface area contributed by atoms with Gasteiger partial charge in [-0.3, -0.25) is 9.59 Å². The summed E-state index contributed by atoms with van der Waals surface area (Å²) in [5.41, 5.74) is 1.10. The highest BCUT2D eigenvalue weighted by Gasteiger charge is 2.45. The molecule has 0 radical (unpaired) electrons. The van der Waals surface area contributed by atoms with Gasteiger partial charge in [0.15, 0.2) is 0 Å². The van der Waals surface area contributed by atoms with Crippen LogP contribution < -0.4 is 5.32 Å². The van der Waals surface area contributed by atoms with Gasteiger partial charge in [0.05, 0.1) is 0 Å². The number of nitrogens with one attached hydrogen (secondary N) is 1. The summed E-state index contributed by atoms with van der Waals surface area (Å²) in [6, 6.07) is 7.77. The normalized spacial score (nSPS) is 15.5. The van der Waals surface area contributed by atoms with Crippen LogP contribution in [0.4, 0.5) is 0 Å². The second-order valence-corrected chi connectivity index (χ2v) is 6.04. The van der Waals surface area contributed by atoms with Crippen molar-refractivity contribution < 1.29 is 14.7 Å². The number of carbonyl (C=O) groups is 2. The van der Waals surface area contributed by atoms with Crippen molar-refractivity contribution in [3.05, 3.63) is 34.9 Å². The Morgan fingerprint density at radius 1 is 1.19 bits per heavy atom. The minimum atomic E-state index is -0.814. The van der Waals surface area contributed by atoms with E-state index < -0.39 is 5.97 Å². The summed E-state index contributed by atoms with van der Waals surface area (Å²) in [6.07, 6.45) is 3.73. The lowest BCUT2D eigenvalue weighted by atomic mass is 9.96. The molecule has 0 aromatic heterocycles. The third-order valence-corrected chi connectivity index (χ3v) is 4.30. The predicted molar refractivity (Wildman–Crippen MR) is 81.5 cm³/mol. The highest BCUT2D eigenvalue weighted by atomic mass is 35.5. The van der Waals surface area contributed by atoms with Crippen LogP contribution in [0.1, 0.15) is 44.1 Å². The van der Waals surface area contributed by atoms with E-state index in [1.54, 1.807) is 0 Å². The Bertz CT molecular complexity index is 526. The Labute approximate surface area is 129 Å². The van der Waals surface area contributed by atoms with E-state index in [0.29, 0.717) is 25.8 Å². The molecule has 5 heteroatoms. The fourth-order valence-electron chi connectivity index (χ4n) is 2.50. The summed E-state index contributed by atoms with van der Waals surface area (Å²) < 4.78 is 0. The SMILES string of the molecule is O=C(O)CCCCC(=O)NCC1(c2ccccc2Cl)CC1. The lowest BCUT2D eigenvalue weighted by Crippen LogP contribution is -2.32. The van der Waals surface area contributed by atoms with Crippen LogP contribution >= 0.6 is 11.6 Å². The molecule has 2 N–H and O–H groups in total. The number of amides is 1. The van der Waals surface area contributed by atoms with Crippen LogP contribution in [0.2, 0.25) is 5.02 Å². The molecule has 21 heavy (non-hydrogen) atoms. The molecule has 0 atom stereocenters. The van der Waals surface area contributed by atoms with Gasteiger partial charge in [-0.15, -0.1) is 0 Å². The summed E-state index contributed by atoms with van der Waals surface area (Å²) in [7, 11) is 0. The summed E-state index contributed by atoms with van der Waals surface area (Å²) >= 11 is 6.23. The number of unbranched alkanes of at least 4 members (excludes halogenated alkanes) is 1. The second kappa shape index (κ2) is 6.94. The van der Waals surface area contributed by atoms with Crippen molar-refractivity contribution in [2.45, 2.75) is 43.9 Å². The topological polar surface area (TPSA) is 66.4 Å². The van der Waals surface area contributed by atoms with Crippen LogP contribution in [-0.2, 0) is 15.0 Å². The first-order valence-corrected chi connectivity index (χ1v) is 7.65. The summed E-state index contributed by atoms with van der Waals surface area (Å²) in [6.45, 7) is 0.606. The highest BCUT2D eigenvalue weighted by molar-refractivity contribution is 6.31. The smallest absolute Gasteiger partial charge is 0.303 e. The number of rotatable bonds is 8. The van der Waals surface area contributed by atoms with Crippen molar-refractivity contribution in [2.75, 3.05) is 6.54 Å². The van der Waals surface area contributed by atoms with Crippen molar-refractivity contribution >= 4 is 23.5 Å². The predicted octanol–water partition coefficient (Wildman–Crippen LogP) is 3.13. The zero-order valence-electron chi connectivity index (χ0n) is 11.9. The molecule has 0 spiro atoms. The summed E-state index contributed by atoms with van der Waals surface area (Å²) in [5.74, 6) is -0.829. The standard InChI is InChI=1S/C16H20ClNO3/c17-13-6-2-1-5-12(13)16(9-10-16)11-18-14(19)7-3-4-8-15(20)21/h1-2,5-6H,3-4,7-11H2,(H,18,19)(H,20,21). The molecule has 4 nitrogen and oxygen atoms in total. The van der Waals surface area contributed by atoms with Crippen LogP contribution in [0.5, 0.6) is 0 Å². The average molecular weight is 310 g/mol. The maximum atomic E-state index is 11.8. The van der Waals surface area contributed by atoms with Gasteiger partial charge in [-0.25, -0.2) is 0 Å². The van der Waals surface area contributed by atoms with Gasteiger partial charge in [-0.1, -0.05) is 29.8 Å². The van der Waals surface area contributed by atoms with Gasteiger partial charge in [0.2, 0.25) is 5.91 Å². The molecule has 0 aliphatic heterocycles. The van der Waals surface area contributed by atoms with E-state index in [1.807, 2.05) is 24.3 Å². The highest BCUT2D eigenvalue weighted by Crippen LogP contribution is 2.49. The van der Waals surface area contributed by atoms with Crippen LogP contribution in [0.3, 0.4) is 0 Å². The molecule has 1 fully saturated rings. The monoisotopic (exact) mass is 309 g/mol. The number of halogens is 1. The molecule has 1 aromatic carbocycles. The fourth-order valence-corrected chi connectivity index (χ4v) is 2.84. The van der Waals surface area contributed by atoms with Crippen LogP contribution in [0, 0.1) is 0 Å². The zero-order valence-corrected chi connectivity index (χ0v) is 12.7. The Kier molecular flexibility index (Phi) is 5.23. The number of benzene rings is 1. The first kappa shape index (κ1) is 15.8. The largest absolute Gasteiger partial charge is 0.481 e. The number of aliphatic carboxylic acids is 1. The average Bonchev–Trinajstić information content (AvgIpc) is 3.23. The van der Waals surface area contributed by atoms with Crippen molar-refractivity contribution in [2.24, 2.45) is 0 Å². The van der Waals surface area contributed by atoms with E-state index in [1.165, 1.54) is 0 Å². The lowest BCUT2D eigenvalue weighted by Gasteiger charge is -2.18. The molecule has 0 heterocycles. The van der Waals surface area contributed by atoms with E-state index in [-0.39, 0.29) is 17.7 Å². The third-order valence-electron chi connectivity index (χ3n) is 3.97. The van der Waals surface area contributed by atoms with Gasteiger partial charge in [-0.05, 0) is 37.3 Å². The van der Waals surface area contributed by atoms with Crippen LogP contribution in [-0.4, -0.2) is 23.5 Å². The van der Waals surface area contributed by atoms with Crippen LogP contribution in [0.25, 0.3) is 0 Å². The minimum Gasteiger partial charge on any atom is -0.481 e. The van der Waals surface area contributed by atoms with Crippen molar-refractivity contribution in [1.29, 1.82) is 0 Å². The van der Waals surface area contributed by atoms with Crippen molar-refractivity contribution in [3.8, 4) is 0 Å². The molecule has 0 saturated heterocycles. The number of hydrogen-bond donors (Lipinski definition) is 2. The van der Waals surface area contributed by atoms with E-state index in [0.717, 1.165) is 23.4 Å². The van der Waals surface area contributed by atoms with E-state index in [9.17, 15) is 9.59 Å². The Hall–Kier alpha value is -1.55. The molecular weight excluding hydrogens is 290 g/mol. The van der Waals surface area contributed by atoms with E-state index >= 15 is 0 Å². The number of carbonyl (C=O) groups excluding carboxylic acids is 1. The maximum absolute atomic E-state index is 11.8. The maximum Gasteiger partial charge on any atom is 0.303 e. The fraction of sp³-hybridized carbons (Fsp3) is 0.500. The Morgan fingerprint density at radius 3 is 2.48 bits per heavy atom. The van der Waals surface area contributed by atoms with Gasteiger partial charge in [-0.2, -0.15) is 0 Å². The molecule has 1 aliphatic rings. The van der Waals surface area contributed by atoms with Gasteiger partial charge in [0.1, 0.15) is 0 Å². The Morgan fingerprint density at radius 2 is 1.86 bits per heavy atom. The van der Waals surface area contributed by atoms with Gasteiger partial charge in [0.25, 0.3) is 0 Å². The van der Waals surface area contributed by atoms with Gasteiger partial charge >= 0.3 is 5.97 Å². The van der Waals surface area contributed by atoms with Crippen molar-refractivity contribution in [1.82, 2.24) is 5.32 Å². The number of carboxylic acid groups (broad SMARTS) is 1. The van der Waals surface area contributed by atoms with E-state index in [4.69, 9.17) is 16.7 Å². The first-order chi connectivity index (χ1) is 10.0. The van der Waals surface area contributed by atoms with E-state index in [2.05, 4.69) is 5.32 Å². The second-order valence-electron chi connectivity index (χ2n) is 5.64.